The molecule has 0 aromatic heterocycles. The Balaban J connectivity index is 2.42. The number of hydrogen-bond acceptors (Lipinski definition) is 5. The van der Waals surface area contributed by atoms with E-state index in [1.54, 1.807) is 0 Å². The van der Waals surface area contributed by atoms with Gasteiger partial charge in [0.2, 0.25) is 5.91 Å². The number of aliphatic hydroxyl groups excluding tert-OH is 1. The van der Waals surface area contributed by atoms with Gasteiger partial charge in [-0.2, -0.15) is 0 Å². The molecule has 2 atom stereocenters. The lowest BCUT2D eigenvalue weighted by molar-refractivity contribution is -0.142. The van der Waals surface area contributed by atoms with Crippen molar-refractivity contribution in [3.8, 4) is 0 Å². The summed E-state index contributed by atoms with van der Waals surface area (Å²) in [5.41, 5.74) is 0.830. The van der Waals surface area contributed by atoms with Crippen LogP contribution in [0.15, 0.2) is 30.3 Å². The van der Waals surface area contributed by atoms with Crippen molar-refractivity contribution >= 4 is 17.8 Å². The second-order valence-electron chi connectivity index (χ2n) is 4.76. The van der Waals surface area contributed by atoms with Gasteiger partial charge in [0.15, 0.2) is 6.10 Å². The fourth-order valence-electron chi connectivity index (χ4n) is 1.73. The number of benzene rings is 1. The van der Waals surface area contributed by atoms with Gasteiger partial charge in [0.1, 0.15) is 6.54 Å². The van der Waals surface area contributed by atoms with E-state index in [0.717, 1.165) is 5.56 Å². The molecule has 0 spiro atoms. The van der Waals surface area contributed by atoms with Crippen LogP contribution < -0.4 is 10.6 Å². The van der Waals surface area contributed by atoms with Crippen LogP contribution in [-0.4, -0.2) is 48.7 Å². The SMILES string of the molecule is COC(=O)CNC(=O)C(O)[C@H](C)NC(=O)Cc1ccccc1. The Bertz CT molecular complexity index is 518. The summed E-state index contributed by atoms with van der Waals surface area (Å²) in [4.78, 5) is 34.4. The minimum atomic E-state index is -1.45. The standard InChI is InChI=1S/C15H20N2O5/c1-10(14(20)15(21)16-9-13(19)22-2)17-12(18)8-11-6-4-3-5-7-11/h3-7,10,14,20H,8-9H2,1-2H3,(H,16,21)(H,17,18)/t10-,14?/m0/s1. The molecule has 0 heterocycles. The van der Waals surface area contributed by atoms with Crippen LogP contribution in [-0.2, 0) is 25.5 Å². The van der Waals surface area contributed by atoms with Gasteiger partial charge in [0.25, 0.3) is 5.91 Å². The van der Waals surface area contributed by atoms with E-state index in [2.05, 4.69) is 15.4 Å². The lowest BCUT2D eigenvalue weighted by Gasteiger charge is -2.19. The van der Waals surface area contributed by atoms with Gasteiger partial charge < -0.3 is 20.5 Å². The fraction of sp³-hybridized carbons (Fsp3) is 0.400. The molecule has 22 heavy (non-hydrogen) atoms. The molecule has 0 saturated carbocycles. The van der Waals surface area contributed by atoms with Gasteiger partial charge in [-0.3, -0.25) is 14.4 Å². The van der Waals surface area contributed by atoms with Crippen LogP contribution in [0, 0.1) is 0 Å². The summed E-state index contributed by atoms with van der Waals surface area (Å²) in [7, 11) is 1.19. The molecule has 0 radical (unpaired) electrons. The number of aliphatic hydroxyl groups is 1. The molecule has 120 valence electrons. The van der Waals surface area contributed by atoms with Crippen LogP contribution in [0.2, 0.25) is 0 Å². The summed E-state index contributed by atoms with van der Waals surface area (Å²) in [6, 6.07) is 8.32. The third kappa shape index (κ3) is 5.92. The summed E-state index contributed by atoms with van der Waals surface area (Å²) in [5, 5.41) is 14.6. The Morgan fingerprint density at radius 2 is 1.86 bits per heavy atom. The number of esters is 1. The minimum absolute atomic E-state index is 0.154. The molecule has 0 aliphatic carbocycles. The Hall–Kier alpha value is -2.41. The van der Waals surface area contributed by atoms with E-state index in [1.807, 2.05) is 30.3 Å². The normalized spacial score (nSPS) is 12.9. The van der Waals surface area contributed by atoms with E-state index >= 15 is 0 Å². The first-order valence-electron chi connectivity index (χ1n) is 6.80. The first-order chi connectivity index (χ1) is 10.4. The first kappa shape index (κ1) is 17.6. The third-order valence-corrected chi connectivity index (χ3v) is 2.97. The van der Waals surface area contributed by atoms with Gasteiger partial charge in [-0.1, -0.05) is 30.3 Å². The number of carbonyl (C=O) groups is 3. The predicted octanol–water partition coefficient (Wildman–Crippen LogP) is -0.616. The number of amides is 2. The van der Waals surface area contributed by atoms with E-state index in [0.29, 0.717) is 0 Å². The van der Waals surface area contributed by atoms with Crippen LogP contribution in [0.5, 0.6) is 0 Å². The Labute approximate surface area is 128 Å². The lowest BCUT2D eigenvalue weighted by atomic mass is 10.1. The molecule has 7 nitrogen and oxygen atoms in total. The van der Waals surface area contributed by atoms with Crippen molar-refractivity contribution in [3.63, 3.8) is 0 Å². The highest BCUT2D eigenvalue weighted by Crippen LogP contribution is 2.01. The number of nitrogens with one attached hydrogen (secondary N) is 2. The zero-order valence-electron chi connectivity index (χ0n) is 12.5. The largest absolute Gasteiger partial charge is 0.468 e. The van der Waals surface area contributed by atoms with Gasteiger partial charge in [-0.05, 0) is 12.5 Å². The summed E-state index contributed by atoms with van der Waals surface area (Å²) in [6.07, 6.45) is -1.30. The smallest absolute Gasteiger partial charge is 0.325 e. The second kappa shape index (κ2) is 8.78. The Morgan fingerprint density at radius 1 is 1.23 bits per heavy atom. The van der Waals surface area contributed by atoms with Crippen molar-refractivity contribution in [1.29, 1.82) is 0 Å². The monoisotopic (exact) mass is 308 g/mol. The van der Waals surface area contributed by atoms with E-state index in [-0.39, 0.29) is 18.9 Å². The van der Waals surface area contributed by atoms with Crippen molar-refractivity contribution in [1.82, 2.24) is 10.6 Å². The summed E-state index contributed by atoms with van der Waals surface area (Å²) in [5.74, 6) is -1.68. The average molecular weight is 308 g/mol. The fourth-order valence-corrected chi connectivity index (χ4v) is 1.73. The number of methoxy groups -OCH3 is 1. The highest BCUT2D eigenvalue weighted by molar-refractivity contribution is 5.86. The summed E-state index contributed by atoms with van der Waals surface area (Å²) >= 11 is 0. The van der Waals surface area contributed by atoms with Crippen molar-refractivity contribution in [2.45, 2.75) is 25.5 Å². The number of hydrogen-bond donors (Lipinski definition) is 3. The highest BCUT2D eigenvalue weighted by atomic mass is 16.5. The van der Waals surface area contributed by atoms with Gasteiger partial charge >= 0.3 is 5.97 Å². The molecule has 0 bridgehead atoms. The molecule has 3 N–H and O–H groups in total. The molecule has 2 amide bonds. The van der Waals surface area contributed by atoms with Crippen LogP contribution in [0.25, 0.3) is 0 Å². The molecule has 7 heteroatoms. The maximum atomic E-state index is 11.8. The van der Waals surface area contributed by atoms with E-state index in [4.69, 9.17) is 0 Å². The van der Waals surface area contributed by atoms with Crippen LogP contribution in [0.1, 0.15) is 12.5 Å². The molecule has 1 unspecified atom stereocenters. The molecule has 0 aliphatic heterocycles. The van der Waals surface area contributed by atoms with E-state index in [9.17, 15) is 19.5 Å². The molecule has 1 aromatic carbocycles. The first-order valence-corrected chi connectivity index (χ1v) is 6.80. The molecular formula is C15H20N2O5. The summed E-state index contributed by atoms with van der Waals surface area (Å²) in [6.45, 7) is 1.17. The lowest BCUT2D eigenvalue weighted by Crippen LogP contribution is -2.50. The van der Waals surface area contributed by atoms with Crippen LogP contribution in [0.4, 0.5) is 0 Å². The highest BCUT2D eigenvalue weighted by Gasteiger charge is 2.24. The molecule has 0 fully saturated rings. The molecule has 0 aliphatic rings. The maximum absolute atomic E-state index is 11.8. The summed E-state index contributed by atoms with van der Waals surface area (Å²) < 4.78 is 4.37. The van der Waals surface area contributed by atoms with E-state index in [1.165, 1.54) is 14.0 Å². The van der Waals surface area contributed by atoms with Gasteiger partial charge in [-0.15, -0.1) is 0 Å². The van der Waals surface area contributed by atoms with Crippen LogP contribution >= 0.6 is 0 Å². The van der Waals surface area contributed by atoms with Crippen molar-refractivity contribution < 1.29 is 24.2 Å². The number of carbonyl (C=O) groups excluding carboxylic acids is 3. The molecular weight excluding hydrogens is 288 g/mol. The predicted molar refractivity (Wildman–Crippen MR) is 78.8 cm³/mol. The zero-order chi connectivity index (χ0) is 16.5. The third-order valence-electron chi connectivity index (χ3n) is 2.97. The quantitative estimate of drug-likeness (QED) is 0.583. The Kier molecular flexibility index (Phi) is 7.04. The minimum Gasteiger partial charge on any atom is -0.468 e. The van der Waals surface area contributed by atoms with E-state index < -0.39 is 24.0 Å². The Morgan fingerprint density at radius 3 is 2.45 bits per heavy atom. The van der Waals surface area contributed by atoms with Crippen LogP contribution in [0.3, 0.4) is 0 Å². The van der Waals surface area contributed by atoms with Gasteiger partial charge in [-0.25, -0.2) is 0 Å². The average Bonchev–Trinajstić information content (AvgIpc) is 2.52. The van der Waals surface area contributed by atoms with Gasteiger partial charge in [0.05, 0.1) is 19.6 Å². The van der Waals surface area contributed by atoms with Crippen molar-refractivity contribution in [3.05, 3.63) is 35.9 Å². The zero-order valence-corrected chi connectivity index (χ0v) is 12.5. The topological polar surface area (TPSA) is 105 Å². The number of ether oxygens (including phenoxy) is 1. The molecule has 1 aromatic rings. The molecule has 1 rings (SSSR count). The van der Waals surface area contributed by atoms with Gasteiger partial charge in [0, 0.05) is 0 Å². The second-order valence-corrected chi connectivity index (χ2v) is 4.76. The number of rotatable bonds is 7. The van der Waals surface area contributed by atoms with Crippen molar-refractivity contribution in [2.75, 3.05) is 13.7 Å². The molecule has 0 saturated heterocycles. The van der Waals surface area contributed by atoms with Crippen molar-refractivity contribution in [2.24, 2.45) is 0 Å². The maximum Gasteiger partial charge on any atom is 0.325 e.